The van der Waals surface area contributed by atoms with E-state index in [0.717, 1.165) is 6.42 Å². The SMILES string of the molecule is CC1(C)CC1C(Cc1ccncc1)NN. The van der Waals surface area contributed by atoms with Gasteiger partial charge in [0.1, 0.15) is 0 Å². The van der Waals surface area contributed by atoms with Crippen molar-refractivity contribution < 1.29 is 0 Å². The number of hydrogen-bond donors (Lipinski definition) is 2. The van der Waals surface area contributed by atoms with E-state index in [2.05, 4.69) is 36.4 Å². The smallest absolute Gasteiger partial charge is 0.0284 e. The van der Waals surface area contributed by atoms with Crippen molar-refractivity contribution in [2.24, 2.45) is 17.2 Å². The van der Waals surface area contributed by atoms with Gasteiger partial charge in [-0.1, -0.05) is 13.8 Å². The summed E-state index contributed by atoms with van der Waals surface area (Å²) in [5.41, 5.74) is 4.71. The molecule has 0 saturated heterocycles. The Balaban J connectivity index is 1.98. The molecule has 1 aromatic rings. The molecular formula is C12H19N3. The van der Waals surface area contributed by atoms with Gasteiger partial charge in [-0.15, -0.1) is 0 Å². The van der Waals surface area contributed by atoms with Gasteiger partial charge in [0.15, 0.2) is 0 Å². The van der Waals surface area contributed by atoms with Crippen LogP contribution in [-0.4, -0.2) is 11.0 Å². The molecule has 1 saturated carbocycles. The quantitative estimate of drug-likeness (QED) is 0.578. The molecule has 1 aliphatic carbocycles. The highest BCUT2D eigenvalue weighted by atomic mass is 15.2. The second-order valence-electron chi connectivity index (χ2n) is 5.13. The van der Waals surface area contributed by atoms with Crippen molar-refractivity contribution in [1.29, 1.82) is 0 Å². The van der Waals surface area contributed by atoms with Gasteiger partial charge in [-0.05, 0) is 41.9 Å². The van der Waals surface area contributed by atoms with Crippen LogP contribution in [0.25, 0.3) is 0 Å². The number of nitrogens with zero attached hydrogens (tertiary/aromatic N) is 1. The molecule has 0 aromatic carbocycles. The lowest BCUT2D eigenvalue weighted by atomic mass is 9.98. The maximum absolute atomic E-state index is 5.62. The fourth-order valence-electron chi connectivity index (χ4n) is 2.28. The maximum atomic E-state index is 5.62. The maximum Gasteiger partial charge on any atom is 0.0284 e. The van der Waals surface area contributed by atoms with Crippen LogP contribution in [0, 0.1) is 11.3 Å². The normalized spacial score (nSPS) is 24.9. The minimum absolute atomic E-state index is 0.391. The molecule has 1 aromatic heterocycles. The van der Waals surface area contributed by atoms with Gasteiger partial charge in [-0.2, -0.15) is 0 Å². The first-order valence-corrected chi connectivity index (χ1v) is 5.48. The Morgan fingerprint density at radius 3 is 2.60 bits per heavy atom. The van der Waals surface area contributed by atoms with Gasteiger partial charge in [0, 0.05) is 18.4 Å². The zero-order valence-electron chi connectivity index (χ0n) is 9.40. The average Bonchev–Trinajstić information content (AvgIpc) is 2.86. The van der Waals surface area contributed by atoms with Crippen molar-refractivity contribution >= 4 is 0 Å². The third kappa shape index (κ3) is 2.36. The predicted molar refractivity (Wildman–Crippen MR) is 60.9 cm³/mol. The summed E-state index contributed by atoms with van der Waals surface area (Å²) in [6, 6.07) is 4.50. The standard InChI is InChI=1S/C12H19N3/c1-12(2)8-10(12)11(15-13)7-9-3-5-14-6-4-9/h3-6,10-11,15H,7-8,13H2,1-2H3. The van der Waals surface area contributed by atoms with E-state index in [0.29, 0.717) is 17.4 Å². The van der Waals surface area contributed by atoms with Crippen molar-refractivity contribution in [3.05, 3.63) is 30.1 Å². The summed E-state index contributed by atoms with van der Waals surface area (Å²) in [6.07, 6.45) is 5.93. The van der Waals surface area contributed by atoms with Gasteiger partial charge in [0.2, 0.25) is 0 Å². The van der Waals surface area contributed by atoms with E-state index in [-0.39, 0.29) is 0 Å². The first kappa shape index (κ1) is 10.6. The van der Waals surface area contributed by atoms with Gasteiger partial charge >= 0.3 is 0 Å². The summed E-state index contributed by atoms with van der Waals surface area (Å²) in [5.74, 6) is 6.32. The molecule has 0 spiro atoms. The summed E-state index contributed by atoms with van der Waals surface area (Å²) in [4.78, 5) is 4.02. The number of rotatable bonds is 4. The molecule has 2 atom stereocenters. The number of aromatic nitrogens is 1. The number of nitrogens with two attached hydrogens (primary N) is 1. The number of hydrazine groups is 1. The molecule has 15 heavy (non-hydrogen) atoms. The van der Waals surface area contributed by atoms with Crippen molar-refractivity contribution in [2.75, 3.05) is 0 Å². The Hall–Kier alpha value is -0.930. The zero-order chi connectivity index (χ0) is 10.9. The Morgan fingerprint density at radius 1 is 1.53 bits per heavy atom. The van der Waals surface area contributed by atoms with E-state index in [4.69, 9.17) is 5.84 Å². The van der Waals surface area contributed by atoms with Crippen molar-refractivity contribution in [1.82, 2.24) is 10.4 Å². The van der Waals surface area contributed by atoms with E-state index in [1.54, 1.807) is 0 Å². The highest BCUT2D eigenvalue weighted by Gasteiger charge is 2.49. The lowest BCUT2D eigenvalue weighted by molar-refractivity contribution is 0.408. The molecule has 0 amide bonds. The molecule has 2 rings (SSSR count). The zero-order valence-corrected chi connectivity index (χ0v) is 9.40. The molecule has 3 heteroatoms. The monoisotopic (exact) mass is 205 g/mol. The minimum atomic E-state index is 0.391. The molecular weight excluding hydrogens is 186 g/mol. The summed E-state index contributed by atoms with van der Waals surface area (Å²) >= 11 is 0. The van der Waals surface area contributed by atoms with Crippen molar-refractivity contribution in [2.45, 2.75) is 32.7 Å². The van der Waals surface area contributed by atoms with Crippen LogP contribution in [0.1, 0.15) is 25.8 Å². The second kappa shape index (κ2) is 3.91. The molecule has 0 aliphatic heterocycles. The minimum Gasteiger partial charge on any atom is -0.271 e. The molecule has 2 unspecified atom stereocenters. The van der Waals surface area contributed by atoms with Crippen molar-refractivity contribution in [3.63, 3.8) is 0 Å². The highest BCUT2D eigenvalue weighted by molar-refractivity contribution is 5.14. The van der Waals surface area contributed by atoms with Gasteiger partial charge in [-0.25, -0.2) is 0 Å². The van der Waals surface area contributed by atoms with E-state index in [1.165, 1.54) is 12.0 Å². The van der Waals surface area contributed by atoms with Crippen molar-refractivity contribution in [3.8, 4) is 0 Å². The Bertz CT molecular complexity index is 321. The predicted octanol–water partition coefficient (Wildman–Crippen LogP) is 1.50. The first-order valence-electron chi connectivity index (χ1n) is 5.48. The van der Waals surface area contributed by atoms with E-state index >= 15 is 0 Å². The summed E-state index contributed by atoms with van der Waals surface area (Å²) in [6.45, 7) is 4.60. The Kier molecular flexibility index (Phi) is 2.76. The van der Waals surface area contributed by atoms with Gasteiger partial charge in [0.25, 0.3) is 0 Å². The molecule has 0 radical (unpaired) electrons. The van der Waals surface area contributed by atoms with Crippen LogP contribution in [-0.2, 0) is 6.42 Å². The van der Waals surface area contributed by atoms with Crippen LogP contribution in [0.2, 0.25) is 0 Å². The van der Waals surface area contributed by atoms with E-state index in [1.807, 2.05) is 12.4 Å². The lowest BCUT2D eigenvalue weighted by Gasteiger charge is -2.17. The molecule has 3 nitrogen and oxygen atoms in total. The largest absolute Gasteiger partial charge is 0.271 e. The summed E-state index contributed by atoms with van der Waals surface area (Å²) < 4.78 is 0. The van der Waals surface area contributed by atoms with Crippen LogP contribution in [0.5, 0.6) is 0 Å². The molecule has 1 fully saturated rings. The third-order valence-electron chi connectivity index (χ3n) is 3.49. The van der Waals surface area contributed by atoms with Gasteiger partial charge in [0.05, 0.1) is 0 Å². The van der Waals surface area contributed by atoms with E-state index < -0.39 is 0 Å². The van der Waals surface area contributed by atoms with Gasteiger partial charge in [-0.3, -0.25) is 16.3 Å². The molecule has 82 valence electrons. The molecule has 1 aliphatic rings. The van der Waals surface area contributed by atoms with Gasteiger partial charge < -0.3 is 0 Å². The van der Waals surface area contributed by atoms with Crippen LogP contribution in [0.3, 0.4) is 0 Å². The van der Waals surface area contributed by atoms with Crippen LogP contribution in [0.4, 0.5) is 0 Å². The molecule has 3 N–H and O–H groups in total. The Labute approximate surface area is 91.1 Å². The summed E-state index contributed by atoms with van der Waals surface area (Å²) in [7, 11) is 0. The third-order valence-corrected chi connectivity index (χ3v) is 3.49. The highest BCUT2D eigenvalue weighted by Crippen LogP contribution is 2.53. The topological polar surface area (TPSA) is 50.9 Å². The van der Waals surface area contributed by atoms with E-state index in [9.17, 15) is 0 Å². The number of pyridine rings is 1. The first-order chi connectivity index (χ1) is 7.13. The average molecular weight is 205 g/mol. The molecule has 1 heterocycles. The molecule has 0 bridgehead atoms. The number of hydrogen-bond acceptors (Lipinski definition) is 3. The van der Waals surface area contributed by atoms with Crippen LogP contribution in [0.15, 0.2) is 24.5 Å². The lowest BCUT2D eigenvalue weighted by Crippen LogP contribution is -2.39. The summed E-state index contributed by atoms with van der Waals surface area (Å²) in [5, 5.41) is 0. The number of nitrogens with one attached hydrogen (secondary N) is 1. The fraction of sp³-hybridized carbons (Fsp3) is 0.583. The van der Waals surface area contributed by atoms with Crippen LogP contribution < -0.4 is 11.3 Å². The Morgan fingerprint density at radius 2 is 2.13 bits per heavy atom. The fourth-order valence-corrected chi connectivity index (χ4v) is 2.28. The van der Waals surface area contributed by atoms with Crippen LogP contribution >= 0.6 is 0 Å². The second-order valence-corrected chi connectivity index (χ2v) is 5.13.